The summed E-state index contributed by atoms with van der Waals surface area (Å²) in [6.07, 6.45) is 1.56. The summed E-state index contributed by atoms with van der Waals surface area (Å²) in [4.78, 5) is 54.1. The molecule has 0 aliphatic carbocycles. The zero-order valence-electron chi connectivity index (χ0n) is 23.3. The van der Waals surface area contributed by atoms with Crippen LogP contribution in [0.5, 0.6) is 5.75 Å². The molecule has 222 valence electrons. The fraction of sp³-hybridized carbons (Fsp3) is 0.0909. The minimum absolute atomic E-state index is 0.000592. The van der Waals surface area contributed by atoms with Gasteiger partial charge in [-0.05, 0) is 72.3 Å². The van der Waals surface area contributed by atoms with Crippen LogP contribution in [-0.2, 0) is 14.4 Å². The fourth-order valence-electron chi connectivity index (χ4n) is 4.41. The van der Waals surface area contributed by atoms with E-state index in [1.54, 1.807) is 98.1 Å². The monoisotopic (exact) mass is 645 g/mol. The van der Waals surface area contributed by atoms with E-state index in [9.17, 15) is 19.2 Å². The first-order valence-corrected chi connectivity index (χ1v) is 15.0. The molecule has 1 fully saturated rings. The van der Waals surface area contributed by atoms with E-state index in [2.05, 4.69) is 10.6 Å². The van der Waals surface area contributed by atoms with Gasteiger partial charge < -0.3 is 15.4 Å². The number of methoxy groups -OCH3 is 1. The first-order chi connectivity index (χ1) is 21.2. The van der Waals surface area contributed by atoms with E-state index in [-0.39, 0.29) is 29.0 Å². The standard InChI is InChI=1S/C33H25Cl2N3O5S/c1-43-24-13-10-20(11-14-24)16-28(37-31(40)21-6-3-2-4-7-21)32(41)36-22-8-5-9-25(17-22)44-29-19-30(39)38(33(29)42)23-12-15-26(34)27(35)18-23/h2-18,29H,19H2,1H3,(H,36,41)(H,37,40). The van der Waals surface area contributed by atoms with Gasteiger partial charge in [0, 0.05) is 22.6 Å². The molecule has 4 amide bonds. The molecule has 1 atom stereocenters. The molecule has 2 N–H and O–H groups in total. The van der Waals surface area contributed by atoms with E-state index in [1.807, 2.05) is 0 Å². The molecule has 11 heteroatoms. The molecule has 4 aromatic rings. The Morgan fingerprint density at radius 3 is 2.36 bits per heavy atom. The van der Waals surface area contributed by atoms with Crippen LogP contribution in [-0.4, -0.2) is 36.0 Å². The molecule has 0 saturated carbocycles. The van der Waals surface area contributed by atoms with Crippen molar-refractivity contribution >= 4 is 76.0 Å². The number of hydrogen-bond acceptors (Lipinski definition) is 6. The van der Waals surface area contributed by atoms with Gasteiger partial charge in [-0.25, -0.2) is 4.90 Å². The number of carbonyl (C=O) groups excluding carboxylic acids is 4. The van der Waals surface area contributed by atoms with Crippen LogP contribution in [0, 0.1) is 0 Å². The van der Waals surface area contributed by atoms with Gasteiger partial charge in [0.25, 0.3) is 11.8 Å². The predicted molar refractivity (Wildman–Crippen MR) is 173 cm³/mol. The molecule has 0 aromatic heterocycles. The predicted octanol–water partition coefficient (Wildman–Crippen LogP) is 6.84. The number of thioether (sulfide) groups is 1. The highest BCUT2D eigenvalue weighted by Crippen LogP contribution is 2.36. The van der Waals surface area contributed by atoms with Crippen molar-refractivity contribution in [1.29, 1.82) is 0 Å². The van der Waals surface area contributed by atoms with Crippen molar-refractivity contribution in [2.75, 3.05) is 17.3 Å². The Balaban J connectivity index is 1.33. The highest BCUT2D eigenvalue weighted by Gasteiger charge is 2.40. The topological polar surface area (TPSA) is 105 Å². The van der Waals surface area contributed by atoms with Crippen molar-refractivity contribution in [1.82, 2.24) is 5.32 Å². The smallest absolute Gasteiger partial charge is 0.272 e. The largest absolute Gasteiger partial charge is 0.497 e. The van der Waals surface area contributed by atoms with E-state index in [0.29, 0.717) is 38.2 Å². The number of halogens is 2. The van der Waals surface area contributed by atoms with Crippen molar-refractivity contribution in [3.63, 3.8) is 0 Å². The number of nitrogens with one attached hydrogen (secondary N) is 2. The van der Waals surface area contributed by atoms with Crippen molar-refractivity contribution in [2.24, 2.45) is 0 Å². The van der Waals surface area contributed by atoms with Crippen LogP contribution in [0.25, 0.3) is 6.08 Å². The second-order valence-corrected chi connectivity index (χ2v) is 11.7. The average Bonchev–Trinajstić information content (AvgIpc) is 3.30. The van der Waals surface area contributed by atoms with Gasteiger partial charge in [0.2, 0.25) is 11.8 Å². The number of hydrogen-bond donors (Lipinski definition) is 2. The maximum absolute atomic E-state index is 13.5. The molecule has 1 aliphatic rings. The lowest BCUT2D eigenvalue weighted by atomic mass is 10.1. The van der Waals surface area contributed by atoms with E-state index in [4.69, 9.17) is 27.9 Å². The number of amides is 4. The van der Waals surface area contributed by atoms with E-state index >= 15 is 0 Å². The van der Waals surface area contributed by atoms with Gasteiger partial charge >= 0.3 is 0 Å². The van der Waals surface area contributed by atoms with Crippen molar-refractivity contribution < 1.29 is 23.9 Å². The molecular weight excluding hydrogens is 621 g/mol. The first kappa shape index (κ1) is 30.9. The van der Waals surface area contributed by atoms with Crippen molar-refractivity contribution in [3.05, 3.63) is 124 Å². The summed E-state index contributed by atoms with van der Waals surface area (Å²) in [6.45, 7) is 0. The molecule has 1 saturated heterocycles. The third-order valence-corrected chi connectivity index (χ3v) is 8.51. The third-order valence-electron chi connectivity index (χ3n) is 6.59. The average molecular weight is 647 g/mol. The Morgan fingerprint density at radius 1 is 0.909 bits per heavy atom. The lowest BCUT2D eigenvalue weighted by Gasteiger charge is -2.16. The van der Waals surface area contributed by atoms with Crippen LogP contribution < -0.4 is 20.3 Å². The summed E-state index contributed by atoms with van der Waals surface area (Å²) in [6, 6.07) is 27.1. The zero-order chi connectivity index (χ0) is 31.2. The summed E-state index contributed by atoms with van der Waals surface area (Å²) < 4.78 is 5.21. The summed E-state index contributed by atoms with van der Waals surface area (Å²) in [5, 5.41) is 5.43. The highest BCUT2D eigenvalue weighted by molar-refractivity contribution is 8.00. The Labute approximate surface area is 268 Å². The maximum atomic E-state index is 13.5. The Bertz CT molecular complexity index is 1760. The molecule has 8 nitrogen and oxygen atoms in total. The summed E-state index contributed by atoms with van der Waals surface area (Å²) >= 11 is 13.3. The van der Waals surface area contributed by atoms with Gasteiger partial charge in [-0.2, -0.15) is 0 Å². The van der Waals surface area contributed by atoms with E-state index in [1.165, 1.54) is 23.9 Å². The molecule has 1 unspecified atom stereocenters. The van der Waals surface area contributed by atoms with E-state index < -0.39 is 17.1 Å². The Morgan fingerprint density at radius 2 is 1.66 bits per heavy atom. The second-order valence-electron chi connectivity index (χ2n) is 9.61. The number of rotatable bonds is 9. The lowest BCUT2D eigenvalue weighted by Crippen LogP contribution is -2.31. The SMILES string of the molecule is COc1ccc(C=C(NC(=O)c2ccccc2)C(=O)Nc2cccc(SC3CC(=O)N(c4ccc(Cl)c(Cl)c4)C3=O)c2)cc1. The van der Waals surface area contributed by atoms with Gasteiger partial charge in [-0.15, -0.1) is 11.8 Å². The highest BCUT2D eigenvalue weighted by atomic mass is 35.5. The first-order valence-electron chi connectivity index (χ1n) is 13.3. The Kier molecular flexibility index (Phi) is 9.69. The van der Waals surface area contributed by atoms with Gasteiger partial charge in [0.05, 0.1) is 28.1 Å². The number of carbonyl (C=O) groups is 4. The number of nitrogens with zero attached hydrogens (tertiary/aromatic N) is 1. The number of anilines is 2. The van der Waals surface area contributed by atoms with Crippen LogP contribution in [0.4, 0.5) is 11.4 Å². The van der Waals surface area contributed by atoms with Crippen LogP contribution in [0.2, 0.25) is 10.0 Å². The summed E-state index contributed by atoms with van der Waals surface area (Å²) in [7, 11) is 1.56. The number of benzene rings is 4. The summed E-state index contributed by atoms with van der Waals surface area (Å²) in [5.74, 6) is -1.07. The Hall–Kier alpha value is -4.57. The molecule has 0 spiro atoms. The normalized spacial score (nSPS) is 14.8. The molecule has 1 heterocycles. The van der Waals surface area contributed by atoms with Crippen LogP contribution in [0.3, 0.4) is 0 Å². The quantitative estimate of drug-likeness (QED) is 0.153. The molecule has 4 aromatic carbocycles. The van der Waals surface area contributed by atoms with Crippen molar-refractivity contribution in [2.45, 2.75) is 16.6 Å². The third kappa shape index (κ3) is 7.31. The van der Waals surface area contributed by atoms with Crippen LogP contribution >= 0.6 is 35.0 Å². The minimum atomic E-state index is -0.668. The zero-order valence-corrected chi connectivity index (χ0v) is 25.6. The molecule has 0 bridgehead atoms. The number of imide groups is 1. The minimum Gasteiger partial charge on any atom is -0.497 e. The van der Waals surface area contributed by atoms with Gasteiger partial charge in [0.15, 0.2) is 0 Å². The molecule has 44 heavy (non-hydrogen) atoms. The maximum Gasteiger partial charge on any atom is 0.272 e. The second kappa shape index (κ2) is 13.8. The fourth-order valence-corrected chi connectivity index (χ4v) is 5.82. The van der Waals surface area contributed by atoms with Gasteiger partial charge in [0.1, 0.15) is 11.4 Å². The van der Waals surface area contributed by atoms with E-state index in [0.717, 1.165) is 4.90 Å². The molecular formula is C33H25Cl2N3O5S. The van der Waals surface area contributed by atoms with Crippen LogP contribution in [0.1, 0.15) is 22.3 Å². The van der Waals surface area contributed by atoms with Gasteiger partial charge in [-0.3, -0.25) is 19.2 Å². The lowest BCUT2D eigenvalue weighted by molar-refractivity contribution is -0.121. The molecule has 1 aliphatic heterocycles. The number of ether oxygens (including phenoxy) is 1. The molecule has 5 rings (SSSR count). The summed E-state index contributed by atoms with van der Waals surface area (Å²) in [5.41, 5.74) is 1.88. The van der Waals surface area contributed by atoms with Crippen LogP contribution in [0.15, 0.2) is 108 Å². The molecule has 0 radical (unpaired) electrons. The van der Waals surface area contributed by atoms with Crippen molar-refractivity contribution in [3.8, 4) is 5.75 Å². The van der Waals surface area contributed by atoms with Gasteiger partial charge in [-0.1, -0.05) is 59.6 Å².